The van der Waals surface area contributed by atoms with Crippen LogP contribution in [0, 0.1) is 5.82 Å². The average molecular weight is 244 g/mol. The highest BCUT2D eigenvalue weighted by atomic mass is 35.5. The van der Waals surface area contributed by atoms with Crippen molar-refractivity contribution in [2.24, 2.45) is 0 Å². The zero-order valence-electron chi connectivity index (χ0n) is 7.85. The predicted octanol–water partition coefficient (Wildman–Crippen LogP) is 2.20. The summed E-state index contributed by atoms with van der Waals surface area (Å²) in [5.41, 5.74) is 0.325. The number of carbonyl (C=O) groups is 1. The Hall–Kier alpha value is -1.88. The van der Waals surface area contributed by atoms with Crippen molar-refractivity contribution < 1.29 is 19.4 Å². The third kappa shape index (κ3) is 2.04. The molecule has 0 saturated carbocycles. The second-order valence-electron chi connectivity index (χ2n) is 3.03. The van der Waals surface area contributed by atoms with Crippen LogP contribution in [0.3, 0.4) is 0 Å². The van der Waals surface area contributed by atoms with Gasteiger partial charge in [-0.25, -0.2) is 9.18 Å². The number of nitrogens with zero attached hydrogens (tertiary/aromatic N) is 1. The van der Waals surface area contributed by atoms with Crippen LogP contribution in [0.4, 0.5) is 4.39 Å². The summed E-state index contributed by atoms with van der Waals surface area (Å²) < 4.78 is 13.0. The smallest absolute Gasteiger partial charge is 0.337 e. The van der Waals surface area contributed by atoms with Gasteiger partial charge in [-0.15, -0.1) is 12.4 Å². The van der Waals surface area contributed by atoms with E-state index in [9.17, 15) is 9.18 Å². The van der Waals surface area contributed by atoms with Gasteiger partial charge in [0.05, 0.1) is 11.1 Å². The molecule has 0 spiro atoms. The number of halogens is 2. The number of rotatable bonds is 1. The third-order valence-electron chi connectivity index (χ3n) is 2.00. The molecule has 2 aromatic rings. The highest BCUT2D eigenvalue weighted by molar-refractivity contribution is 5.92. The van der Waals surface area contributed by atoms with E-state index in [-0.39, 0.29) is 18.0 Å². The van der Waals surface area contributed by atoms with Crippen LogP contribution in [0.25, 0.3) is 10.9 Å². The van der Waals surface area contributed by atoms with Gasteiger partial charge in [-0.1, -0.05) is 0 Å². The van der Waals surface area contributed by atoms with E-state index in [1.807, 2.05) is 0 Å². The highest BCUT2D eigenvalue weighted by Crippen LogP contribution is 2.22. The highest BCUT2D eigenvalue weighted by Gasteiger charge is 2.07. The van der Waals surface area contributed by atoms with Crippen LogP contribution < -0.4 is 0 Å². The number of benzene rings is 1. The summed E-state index contributed by atoms with van der Waals surface area (Å²) in [6.45, 7) is 0. The van der Waals surface area contributed by atoms with Crippen molar-refractivity contribution in [3.8, 4) is 5.75 Å². The summed E-state index contributed by atoms with van der Waals surface area (Å²) in [5, 5.41) is 18.1. The number of phenols is 1. The molecular weight excluding hydrogens is 237 g/mol. The normalized spacial score (nSPS) is 9.81. The Balaban J connectivity index is 0.00000128. The van der Waals surface area contributed by atoms with E-state index in [4.69, 9.17) is 10.2 Å². The van der Waals surface area contributed by atoms with Crippen LogP contribution >= 0.6 is 12.4 Å². The van der Waals surface area contributed by atoms with Crippen LogP contribution in [0.1, 0.15) is 10.4 Å². The first-order valence-corrected chi connectivity index (χ1v) is 4.09. The van der Waals surface area contributed by atoms with Crippen molar-refractivity contribution in [3.63, 3.8) is 0 Å². The second kappa shape index (κ2) is 4.32. The Morgan fingerprint density at radius 1 is 1.31 bits per heavy atom. The molecule has 0 radical (unpaired) electrons. The first kappa shape index (κ1) is 12.2. The van der Waals surface area contributed by atoms with Gasteiger partial charge in [-0.3, -0.25) is 4.98 Å². The van der Waals surface area contributed by atoms with Crippen LogP contribution in [0.15, 0.2) is 24.4 Å². The molecule has 0 aliphatic rings. The number of pyridine rings is 1. The first-order valence-electron chi connectivity index (χ1n) is 4.09. The lowest BCUT2D eigenvalue weighted by Gasteiger charge is -2.00. The van der Waals surface area contributed by atoms with Crippen molar-refractivity contribution >= 4 is 29.3 Å². The molecule has 0 aliphatic heterocycles. The summed E-state index contributed by atoms with van der Waals surface area (Å²) >= 11 is 0. The Bertz CT molecular complexity index is 559. The maximum atomic E-state index is 13.0. The average Bonchev–Trinajstić information content (AvgIpc) is 2.19. The van der Waals surface area contributed by atoms with Gasteiger partial charge in [0, 0.05) is 17.6 Å². The van der Waals surface area contributed by atoms with E-state index in [0.717, 1.165) is 18.3 Å². The molecule has 6 heteroatoms. The topological polar surface area (TPSA) is 70.4 Å². The van der Waals surface area contributed by atoms with E-state index in [0.29, 0.717) is 10.9 Å². The number of aromatic hydroxyl groups is 1. The Kier molecular flexibility index (Phi) is 3.29. The van der Waals surface area contributed by atoms with Gasteiger partial charge >= 0.3 is 5.97 Å². The standard InChI is InChI=1S/C10H6FNO3.ClH/c11-7-2-5-1-6(10(14)15)4-12-8(5)3-9(7)13;/h1-4,13H,(H,14,15);1H. The van der Waals surface area contributed by atoms with E-state index >= 15 is 0 Å². The minimum atomic E-state index is -1.13. The molecule has 0 bridgehead atoms. The molecule has 4 nitrogen and oxygen atoms in total. The number of phenolic OH excluding ortho intramolecular Hbond substituents is 1. The van der Waals surface area contributed by atoms with Crippen LogP contribution in [-0.2, 0) is 0 Å². The van der Waals surface area contributed by atoms with Gasteiger partial charge in [-0.05, 0) is 12.1 Å². The van der Waals surface area contributed by atoms with Crippen molar-refractivity contribution in [1.29, 1.82) is 0 Å². The van der Waals surface area contributed by atoms with Crippen LogP contribution in [-0.4, -0.2) is 21.2 Å². The number of carboxylic acids is 1. The zero-order valence-corrected chi connectivity index (χ0v) is 8.66. The maximum absolute atomic E-state index is 13.0. The van der Waals surface area contributed by atoms with E-state index < -0.39 is 17.5 Å². The minimum absolute atomic E-state index is 0. The largest absolute Gasteiger partial charge is 0.505 e. The SMILES string of the molecule is Cl.O=C(O)c1cnc2cc(O)c(F)cc2c1. The number of fused-ring (bicyclic) bond motifs is 1. The number of aromatic carboxylic acids is 1. The van der Waals surface area contributed by atoms with Crippen molar-refractivity contribution in [1.82, 2.24) is 4.98 Å². The predicted molar refractivity (Wildman–Crippen MR) is 57.6 cm³/mol. The Morgan fingerprint density at radius 2 is 2.00 bits per heavy atom. The number of carboxylic acid groups (broad SMARTS) is 1. The summed E-state index contributed by atoms with van der Waals surface area (Å²) in [4.78, 5) is 14.4. The summed E-state index contributed by atoms with van der Waals surface area (Å²) in [6, 6.07) is 3.49. The van der Waals surface area contributed by atoms with Gasteiger partial charge in [0.25, 0.3) is 0 Å². The lowest BCUT2D eigenvalue weighted by atomic mass is 10.1. The monoisotopic (exact) mass is 243 g/mol. The minimum Gasteiger partial charge on any atom is -0.505 e. The molecule has 0 atom stereocenters. The summed E-state index contributed by atoms with van der Waals surface area (Å²) in [6.07, 6.45) is 1.15. The first-order chi connectivity index (χ1) is 7.08. The maximum Gasteiger partial charge on any atom is 0.337 e. The van der Waals surface area contributed by atoms with E-state index in [1.54, 1.807) is 0 Å². The van der Waals surface area contributed by atoms with Crippen molar-refractivity contribution in [2.45, 2.75) is 0 Å². The zero-order chi connectivity index (χ0) is 11.0. The fraction of sp³-hybridized carbons (Fsp3) is 0. The lowest BCUT2D eigenvalue weighted by Crippen LogP contribution is -1.97. The molecule has 2 N–H and O–H groups in total. The molecule has 0 amide bonds. The van der Waals surface area contributed by atoms with E-state index in [1.165, 1.54) is 6.07 Å². The van der Waals surface area contributed by atoms with Gasteiger partial charge in [0.15, 0.2) is 11.6 Å². The molecule has 16 heavy (non-hydrogen) atoms. The van der Waals surface area contributed by atoms with Gasteiger partial charge in [0.1, 0.15) is 0 Å². The molecule has 2 rings (SSSR count). The lowest BCUT2D eigenvalue weighted by molar-refractivity contribution is 0.0696. The third-order valence-corrected chi connectivity index (χ3v) is 2.00. The van der Waals surface area contributed by atoms with Crippen molar-refractivity contribution in [3.05, 3.63) is 35.8 Å². The fourth-order valence-corrected chi connectivity index (χ4v) is 1.25. The molecular formula is C10H7ClFNO3. The number of hydrogen-bond donors (Lipinski definition) is 2. The van der Waals surface area contributed by atoms with Crippen LogP contribution in [0.5, 0.6) is 5.75 Å². The summed E-state index contributed by atoms with van der Waals surface area (Å²) in [5.74, 6) is -2.43. The molecule has 1 aromatic carbocycles. The number of hydrogen-bond acceptors (Lipinski definition) is 3. The molecule has 0 aliphatic carbocycles. The molecule has 1 aromatic heterocycles. The molecule has 1 heterocycles. The van der Waals surface area contributed by atoms with Gasteiger partial charge < -0.3 is 10.2 Å². The molecule has 0 saturated heterocycles. The fourth-order valence-electron chi connectivity index (χ4n) is 1.25. The quantitative estimate of drug-likeness (QED) is 0.806. The second-order valence-corrected chi connectivity index (χ2v) is 3.03. The Labute approximate surface area is 95.8 Å². The number of aromatic nitrogens is 1. The molecule has 0 fully saturated rings. The van der Waals surface area contributed by atoms with Gasteiger partial charge in [0.2, 0.25) is 0 Å². The van der Waals surface area contributed by atoms with E-state index in [2.05, 4.69) is 4.98 Å². The molecule has 84 valence electrons. The van der Waals surface area contributed by atoms with Crippen LogP contribution in [0.2, 0.25) is 0 Å². The van der Waals surface area contributed by atoms with Crippen molar-refractivity contribution in [2.75, 3.05) is 0 Å². The summed E-state index contributed by atoms with van der Waals surface area (Å²) in [7, 11) is 0. The molecule has 0 unspecified atom stereocenters. The van der Waals surface area contributed by atoms with Gasteiger partial charge in [-0.2, -0.15) is 0 Å². The Morgan fingerprint density at radius 3 is 2.62 bits per heavy atom.